The predicted molar refractivity (Wildman–Crippen MR) is 77.6 cm³/mol. The molecule has 2 atom stereocenters. The van der Waals surface area contributed by atoms with E-state index in [0.29, 0.717) is 12.1 Å². The molecule has 1 aromatic heterocycles. The summed E-state index contributed by atoms with van der Waals surface area (Å²) in [5.74, 6) is 2.57. The van der Waals surface area contributed by atoms with Crippen LogP contribution in [0.3, 0.4) is 0 Å². The first-order chi connectivity index (χ1) is 9.22. The molecule has 1 aromatic rings. The zero-order valence-corrected chi connectivity index (χ0v) is 12.1. The Labute approximate surface area is 115 Å². The predicted octanol–water partition coefficient (Wildman–Crippen LogP) is 2.59. The van der Waals surface area contributed by atoms with E-state index in [1.54, 1.807) is 7.11 Å². The summed E-state index contributed by atoms with van der Waals surface area (Å²) in [6, 6.07) is 2.34. The molecule has 0 saturated heterocycles. The van der Waals surface area contributed by atoms with Crippen molar-refractivity contribution in [3.63, 3.8) is 0 Å². The van der Waals surface area contributed by atoms with Crippen LogP contribution in [-0.2, 0) is 4.74 Å². The summed E-state index contributed by atoms with van der Waals surface area (Å²) in [5, 5.41) is 6.79. The van der Waals surface area contributed by atoms with Crippen molar-refractivity contribution in [2.24, 2.45) is 0 Å². The van der Waals surface area contributed by atoms with E-state index in [2.05, 4.69) is 27.5 Å². The highest BCUT2D eigenvalue weighted by Gasteiger charge is 2.27. The molecule has 0 bridgehead atoms. The third kappa shape index (κ3) is 3.80. The van der Waals surface area contributed by atoms with Gasteiger partial charge in [-0.1, -0.05) is 6.92 Å². The maximum atomic E-state index is 5.50. The number of hydrogen-bond acceptors (Lipinski definition) is 5. The number of nitrogens with one attached hydrogen (secondary N) is 2. The lowest BCUT2D eigenvalue weighted by Gasteiger charge is -2.20. The van der Waals surface area contributed by atoms with E-state index >= 15 is 0 Å². The zero-order valence-electron chi connectivity index (χ0n) is 12.1. The highest BCUT2D eigenvalue weighted by atomic mass is 16.5. The topological polar surface area (TPSA) is 59.1 Å². The van der Waals surface area contributed by atoms with Crippen LogP contribution in [0.2, 0.25) is 0 Å². The molecule has 106 valence electrons. The van der Waals surface area contributed by atoms with Gasteiger partial charge in [-0.2, -0.15) is 0 Å². The van der Waals surface area contributed by atoms with Crippen molar-refractivity contribution in [1.29, 1.82) is 0 Å². The van der Waals surface area contributed by atoms with E-state index in [-0.39, 0.29) is 0 Å². The number of rotatable bonds is 6. The van der Waals surface area contributed by atoms with Gasteiger partial charge in [-0.05, 0) is 32.6 Å². The summed E-state index contributed by atoms with van der Waals surface area (Å²) in [6.45, 7) is 4.99. The Balaban J connectivity index is 2.04. The Hall–Kier alpha value is -1.36. The fourth-order valence-corrected chi connectivity index (χ4v) is 2.55. The van der Waals surface area contributed by atoms with Gasteiger partial charge in [0, 0.05) is 19.7 Å². The molecule has 0 spiro atoms. The average molecular weight is 264 g/mol. The van der Waals surface area contributed by atoms with Gasteiger partial charge >= 0.3 is 0 Å². The smallest absolute Gasteiger partial charge is 0.132 e. The first kappa shape index (κ1) is 14.1. The van der Waals surface area contributed by atoms with Crippen LogP contribution >= 0.6 is 0 Å². The molecule has 2 unspecified atom stereocenters. The minimum Gasteiger partial charge on any atom is -0.379 e. The van der Waals surface area contributed by atoms with Crippen LogP contribution < -0.4 is 10.6 Å². The van der Waals surface area contributed by atoms with Crippen molar-refractivity contribution in [1.82, 2.24) is 9.97 Å². The van der Waals surface area contributed by atoms with Crippen molar-refractivity contribution < 1.29 is 4.74 Å². The molecule has 5 heteroatoms. The van der Waals surface area contributed by atoms with Gasteiger partial charge in [0.25, 0.3) is 0 Å². The first-order valence-electron chi connectivity index (χ1n) is 7.11. The summed E-state index contributed by atoms with van der Waals surface area (Å²) in [7, 11) is 1.78. The molecule has 0 aromatic carbocycles. The van der Waals surface area contributed by atoms with E-state index in [4.69, 9.17) is 4.74 Å². The lowest BCUT2D eigenvalue weighted by atomic mass is 10.2. The molecule has 0 radical (unpaired) electrons. The highest BCUT2D eigenvalue weighted by molar-refractivity contribution is 5.48. The number of hydrogen-bond donors (Lipinski definition) is 2. The minimum atomic E-state index is 0.294. The third-order valence-corrected chi connectivity index (χ3v) is 3.48. The minimum absolute atomic E-state index is 0.294. The highest BCUT2D eigenvalue weighted by Crippen LogP contribution is 2.25. The molecule has 1 aliphatic carbocycles. The van der Waals surface area contributed by atoms with Gasteiger partial charge in [0.15, 0.2) is 0 Å². The van der Waals surface area contributed by atoms with E-state index < -0.39 is 0 Å². The van der Waals surface area contributed by atoms with Crippen molar-refractivity contribution in [2.45, 2.75) is 51.7 Å². The fraction of sp³-hybridized carbons (Fsp3) is 0.714. The molecule has 0 aliphatic heterocycles. The van der Waals surface area contributed by atoms with Crippen LogP contribution in [0.1, 0.15) is 38.4 Å². The summed E-state index contributed by atoms with van der Waals surface area (Å²) in [4.78, 5) is 8.85. The molecule has 1 heterocycles. The van der Waals surface area contributed by atoms with Crippen LogP contribution in [0.5, 0.6) is 0 Å². The third-order valence-electron chi connectivity index (χ3n) is 3.48. The lowest BCUT2D eigenvalue weighted by Crippen LogP contribution is -2.30. The molecule has 1 fully saturated rings. The molecule has 0 amide bonds. The summed E-state index contributed by atoms with van der Waals surface area (Å²) >= 11 is 0. The molecular weight excluding hydrogens is 240 g/mol. The summed E-state index contributed by atoms with van der Waals surface area (Å²) in [6.07, 6.45) is 4.85. The first-order valence-corrected chi connectivity index (χ1v) is 7.11. The van der Waals surface area contributed by atoms with Gasteiger partial charge in [0.2, 0.25) is 0 Å². The number of nitrogens with zero attached hydrogens (tertiary/aromatic N) is 2. The molecule has 19 heavy (non-hydrogen) atoms. The maximum absolute atomic E-state index is 5.50. The van der Waals surface area contributed by atoms with Gasteiger partial charge in [0.05, 0.1) is 12.1 Å². The van der Waals surface area contributed by atoms with Crippen LogP contribution in [0, 0.1) is 6.92 Å². The number of ether oxygens (including phenoxy) is 1. The second-order valence-corrected chi connectivity index (χ2v) is 5.07. The Morgan fingerprint density at radius 1 is 1.32 bits per heavy atom. The quantitative estimate of drug-likeness (QED) is 0.827. The van der Waals surface area contributed by atoms with Gasteiger partial charge in [0.1, 0.15) is 17.5 Å². The molecule has 1 aliphatic rings. The Bertz CT molecular complexity index is 410. The van der Waals surface area contributed by atoms with E-state index in [9.17, 15) is 0 Å². The van der Waals surface area contributed by atoms with Crippen LogP contribution in [0.4, 0.5) is 11.6 Å². The SMILES string of the molecule is CCCNc1cc(NC2CCCC2OC)nc(C)n1. The number of aromatic nitrogens is 2. The largest absolute Gasteiger partial charge is 0.379 e. The molecule has 2 N–H and O–H groups in total. The Morgan fingerprint density at radius 2 is 2.11 bits per heavy atom. The van der Waals surface area contributed by atoms with E-state index in [1.165, 1.54) is 6.42 Å². The molecular formula is C14H24N4O. The number of aryl methyl sites for hydroxylation is 1. The Kier molecular flexibility index (Phi) is 4.96. The fourth-order valence-electron chi connectivity index (χ4n) is 2.55. The van der Waals surface area contributed by atoms with Gasteiger partial charge in [-0.15, -0.1) is 0 Å². The van der Waals surface area contributed by atoms with Gasteiger partial charge in [-0.3, -0.25) is 0 Å². The molecule has 5 nitrogen and oxygen atoms in total. The normalized spacial score (nSPS) is 22.5. The Morgan fingerprint density at radius 3 is 2.84 bits per heavy atom. The summed E-state index contributed by atoms with van der Waals surface area (Å²) < 4.78 is 5.50. The van der Waals surface area contributed by atoms with Crippen LogP contribution in [0.25, 0.3) is 0 Å². The maximum Gasteiger partial charge on any atom is 0.132 e. The molecule has 1 saturated carbocycles. The van der Waals surface area contributed by atoms with Crippen LogP contribution in [0.15, 0.2) is 6.07 Å². The second-order valence-electron chi connectivity index (χ2n) is 5.07. The van der Waals surface area contributed by atoms with E-state index in [0.717, 1.165) is 43.3 Å². The molecule has 2 rings (SSSR count). The summed E-state index contributed by atoms with van der Waals surface area (Å²) in [5.41, 5.74) is 0. The average Bonchev–Trinajstić information content (AvgIpc) is 2.83. The second kappa shape index (κ2) is 6.70. The lowest BCUT2D eigenvalue weighted by molar-refractivity contribution is 0.101. The van der Waals surface area contributed by atoms with Crippen molar-refractivity contribution in [3.8, 4) is 0 Å². The van der Waals surface area contributed by atoms with Crippen LogP contribution in [-0.4, -0.2) is 35.8 Å². The van der Waals surface area contributed by atoms with Crippen molar-refractivity contribution >= 4 is 11.6 Å². The number of anilines is 2. The van der Waals surface area contributed by atoms with Crippen molar-refractivity contribution in [2.75, 3.05) is 24.3 Å². The standard InChI is InChI=1S/C14H24N4O/c1-4-8-15-13-9-14(17-10(2)16-13)18-11-6-5-7-12(11)19-3/h9,11-12H,4-8H2,1-3H3,(H2,15,16,17,18). The zero-order chi connectivity index (χ0) is 13.7. The van der Waals surface area contributed by atoms with Gasteiger partial charge < -0.3 is 15.4 Å². The monoisotopic (exact) mass is 264 g/mol. The van der Waals surface area contributed by atoms with Gasteiger partial charge in [-0.25, -0.2) is 9.97 Å². The van der Waals surface area contributed by atoms with Crippen molar-refractivity contribution in [3.05, 3.63) is 11.9 Å². The number of methoxy groups -OCH3 is 1. The van der Waals surface area contributed by atoms with E-state index in [1.807, 2.05) is 13.0 Å².